The summed E-state index contributed by atoms with van der Waals surface area (Å²) in [6, 6.07) is 0. The number of piperazine rings is 1. The van der Waals surface area contributed by atoms with Crippen molar-refractivity contribution in [2.24, 2.45) is 0 Å². The lowest BCUT2D eigenvalue weighted by Crippen LogP contribution is -2.49. The molecule has 0 spiro atoms. The third kappa shape index (κ3) is 5.07. The van der Waals surface area contributed by atoms with Crippen molar-refractivity contribution in [3.8, 4) is 0 Å². The number of esters is 1. The predicted molar refractivity (Wildman–Crippen MR) is 106 cm³/mol. The molecule has 7 nitrogen and oxygen atoms in total. The van der Waals surface area contributed by atoms with Crippen molar-refractivity contribution in [3.63, 3.8) is 0 Å². The van der Waals surface area contributed by atoms with Gasteiger partial charge in [0.2, 0.25) is 5.91 Å². The standard InChI is InChI=1S/C19H29N3O4S/c1-2-26-19(25)17-14-5-3-4-6-15(14)27-18(17)20-16(24)13-22-9-7-21(8-10-22)11-12-23/h23H,2-13H2,1H3,(H,20,24). The van der Waals surface area contributed by atoms with Crippen LogP contribution in [0, 0.1) is 0 Å². The first kappa shape index (κ1) is 20.3. The molecule has 0 radical (unpaired) electrons. The summed E-state index contributed by atoms with van der Waals surface area (Å²) in [5, 5.41) is 12.6. The average molecular weight is 396 g/mol. The molecule has 0 atom stereocenters. The number of rotatable bonds is 7. The third-order valence-electron chi connectivity index (χ3n) is 5.15. The Labute approximate surface area is 164 Å². The first-order chi connectivity index (χ1) is 13.1. The zero-order valence-corrected chi connectivity index (χ0v) is 16.8. The molecule has 3 rings (SSSR count). The summed E-state index contributed by atoms with van der Waals surface area (Å²) >= 11 is 1.53. The van der Waals surface area contributed by atoms with Gasteiger partial charge in [-0.05, 0) is 38.2 Å². The van der Waals surface area contributed by atoms with Gasteiger partial charge >= 0.3 is 5.97 Å². The summed E-state index contributed by atoms with van der Waals surface area (Å²) in [6.07, 6.45) is 4.04. The molecule has 0 aromatic carbocycles. The molecule has 1 aromatic heterocycles. The van der Waals surface area contributed by atoms with Crippen LogP contribution in [-0.4, -0.2) is 79.3 Å². The number of β-amino-alcohol motifs (C(OH)–C–C–N with tert-alkyl or cyclic N) is 1. The van der Waals surface area contributed by atoms with E-state index in [0.717, 1.165) is 57.4 Å². The number of hydrogen-bond acceptors (Lipinski definition) is 7. The summed E-state index contributed by atoms with van der Waals surface area (Å²) in [5.74, 6) is -0.417. The predicted octanol–water partition coefficient (Wildman–Crippen LogP) is 1.35. The number of aliphatic hydroxyl groups excluding tert-OH is 1. The number of nitrogens with one attached hydrogen (secondary N) is 1. The largest absolute Gasteiger partial charge is 0.462 e. The van der Waals surface area contributed by atoms with E-state index in [9.17, 15) is 9.59 Å². The third-order valence-corrected chi connectivity index (χ3v) is 6.36. The van der Waals surface area contributed by atoms with Crippen molar-refractivity contribution >= 4 is 28.2 Å². The van der Waals surface area contributed by atoms with Gasteiger partial charge in [0.05, 0.1) is 25.3 Å². The first-order valence-electron chi connectivity index (χ1n) is 9.79. The maximum absolute atomic E-state index is 12.6. The Morgan fingerprint density at radius 2 is 1.85 bits per heavy atom. The van der Waals surface area contributed by atoms with E-state index in [-0.39, 0.29) is 18.5 Å². The Balaban J connectivity index is 1.64. The van der Waals surface area contributed by atoms with Gasteiger partial charge in [0.15, 0.2) is 0 Å². The van der Waals surface area contributed by atoms with E-state index in [4.69, 9.17) is 9.84 Å². The number of thiophene rings is 1. The topological polar surface area (TPSA) is 82.1 Å². The number of anilines is 1. The van der Waals surface area contributed by atoms with E-state index >= 15 is 0 Å². The van der Waals surface area contributed by atoms with Gasteiger partial charge in [-0.3, -0.25) is 14.6 Å². The van der Waals surface area contributed by atoms with Crippen LogP contribution < -0.4 is 5.32 Å². The molecule has 0 bridgehead atoms. The monoisotopic (exact) mass is 395 g/mol. The van der Waals surface area contributed by atoms with Gasteiger partial charge in [-0.2, -0.15) is 0 Å². The second kappa shape index (κ2) is 9.64. The molecule has 0 saturated carbocycles. The lowest BCUT2D eigenvalue weighted by molar-refractivity contribution is -0.117. The van der Waals surface area contributed by atoms with E-state index in [0.29, 0.717) is 30.3 Å². The second-order valence-electron chi connectivity index (χ2n) is 7.03. The van der Waals surface area contributed by atoms with Crippen LogP contribution in [0.25, 0.3) is 0 Å². The molecule has 2 aliphatic rings. The number of nitrogens with zero attached hydrogens (tertiary/aromatic N) is 2. The second-order valence-corrected chi connectivity index (χ2v) is 8.13. The smallest absolute Gasteiger partial charge is 0.341 e. The highest BCUT2D eigenvalue weighted by molar-refractivity contribution is 7.17. The summed E-state index contributed by atoms with van der Waals surface area (Å²) < 4.78 is 5.24. The molecule has 2 heterocycles. The zero-order valence-electron chi connectivity index (χ0n) is 16.0. The summed E-state index contributed by atoms with van der Waals surface area (Å²) in [7, 11) is 0. The van der Waals surface area contributed by atoms with E-state index in [2.05, 4.69) is 15.1 Å². The van der Waals surface area contributed by atoms with E-state index < -0.39 is 0 Å². The van der Waals surface area contributed by atoms with Crippen LogP contribution >= 0.6 is 11.3 Å². The van der Waals surface area contributed by atoms with Crippen molar-refractivity contribution in [2.75, 3.05) is 57.8 Å². The van der Waals surface area contributed by atoms with Crippen LogP contribution in [0.2, 0.25) is 0 Å². The summed E-state index contributed by atoms with van der Waals surface area (Å²) in [5.41, 5.74) is 1.63. The maximum atomic E-state index is 12.6. The van der Waals surface area contributed by atoms with Crippen LogP contribution in [0.4, 0.5) is 5.00 Å². The fraction of sp³-hybridized carbons (Fsp3) is 0.684. The molecular formula is C19H29N3O4S. The van der Waals surface area contributed by atoms with Gasteiger partial charge in [0.25, 0.3) is 0 Å². The van der Waals surface area contributed by atoms with Gasteiger partial charge in [0, 0.05) is 37.6 Å². The quantitative estimate of drug-likeness (QED) is 0.679. The molecule has 1 aromatic rings. The van der Waals surface area contributed by atoms with Crippen molar-refractivity contribution in [1.82, 2.24) is 9.80 Å². The molecule has 1 amide bonds. The lowest BCUT2D eigenvalue weighted by Gasteiger charge is -2.33. The van der Waals surface area contributed by atoms with Crippen LogP contribution in [0.15, 0.2) is 0 Å². The number of amides is 1. The molecule has 0 unspecified atom stereocenters. The Morgan fingerprint density at radius 3 is 2.56 bits per heavy atom. The number of aliphatic hydroxyl groups is 1. The molecule has 1 aliphatic heterocycles. The van der Waals surface area contributed by atoms with E-state index in [1.807, 2.05) is 0 Å². The highest BCUT2D eigenvalue weighted by Crippen LogP contribution is 2.38. The molecule has 27 heavy (non-hydrogen) atoms. The van der Waals surface area contributed by atoms with E-state index in [1.165, 1.54) is 16.2 Å². The SMILES string of the molecule is CCOC(=O)c1c(NC(=O)CN2CCN(CCO)CC2)sc2c1CCCC2. The molecular weight excluding hydrogens is 366 g/mol. The van der Waals surface area contributed by atoms with Gasteiger partial charge < -0.3 is 15.2 Å². The van der Waals surface area contributed by atoms with Crippen LogP contribution in [0.3, 0.4) is 0 Å². The molecule has 150 valence electrons. The molecule has 8 heteroatoms. The van der Waals surface area contributed by atoms with Crippen molar-refractivity contribution < 1.29 is 19.4 Å². The van der Waals surface area contributed by atoms with Crippen molar-refractivity contribution in [2.45, 2.75) is 32.6 Å². The number of fused-ring (bicyclic) bond motifs is 1. The van der Waals surface area contributed by atoms with Gasteiger partial charge in [-0.15, -0.1) is 11.3 Å². The minimum absolute atomic E-state index is 0.0882. The first-order valence-corrected chi connectivity index (χ1v) is 10.6. The highest BCUT2D eigenvalue weighted by atomic mass is 32.1. The average Bonchev–Trinajstić information content (AvgIpc) is 3.01. The Hall–Kier alpha value is -1.48. The minimum atomic E-state index is -0.329. The van der Waals surface area contributed by atoms with Crippen LogP contribution in [0.1, 0.15) is 40.6 Å². The maximum Gasteiger partial charge on any atom is 0.341 e. The van der Waals surface area contributed by atoms with Gasteiger partial charge in [-0.25, -0.2) is 4.79 Å². The number of carbonyl (C=O) groups is 2. The number of ether oxygens (including phenoxy) is 1. The normalized spacial score (nSPS) is 18.1. The molecule has 1 fully saturated rings. The molecule has 1 aliphatic carbocycles. The van der Waals surface area contributed by atoms with Crippen LogP contribution in [-0.2, 0) is 22.4 Å². The Bertz CT molecular complexity index is 668. The summed E-state index contributed by atoms with van der Waals surface area (Å²) in [6.45, 7) is 6.62. The zero-order chi connectivity index (χ0) is 19.2. The van der Waals surface area contributed by atoms with E-state index in [1.54, 1.807) is 6.92 Å². The van der Waals surface area contributed by atoms with Gasteiger partial charge in [0.1, 0.15) is 5.00 Å². The Kier molecular flexibility index (Phi) is 7.23. The van der Waals surface area contributed by atoms with Gasteiger partial charge in [-0.1, -0.05) is 0 Å². The lowest BCUT2D eigenvalue weighted by atomic mass is 9.95. The van der Waals surface area contributed by atoms with Crippen molar-refractivity contribution in [3.05, 3.63) is 16.0 Å². The minimum Gasteiger partial charge on any atom is -0.462 e. The van der Waals surface area contributed by atoms with Crippen molar-refractivity contribution in [1.29, 1.82) is 0 Å². The molecule has 2 N–H and O–H groups in total. The van der Waals surface area contributed by atoms with Crippen LogP contribution in [0.5, 0.6) is 0 Å². The highest BCUT2D eigenvalue weighted by Gasteiger charge is 2.27. The Morgan fingerprint density at radius 1 is 1.15 bits per heavy atom. The number of hydrogen-bond donors (Lipinski definition) is 2. The summed E-state index contributed by atoms with van der Waals surface area (Å²) in [4.78, 5) is 30.6. The molecule has 1 saturated heterocycles. The number of aryl methyl sites for hydroxylation is 1. The fourth-order valence-electron chi connectivity index (χ4n) is 3.75. The fourth-order valence-corrected chi connectivity index (χ4v) is 5.05. The number of carbonyl (C=O) groups excluding carboxylic acids is 2.